The Hall–Kier alpha value is -5.39. The maximum Gasteiger partial charge on any atom is 0.262 e. The van der Waals surface area contributed by atoms with Crippen molar-refractivity contribution in [3.05, 3.63) is 80.3 Å². The van der Waals surface area contributed by atoms with E-state index >= 15 is 0 Å². The molecule has 0 saturated heterocycles. The van der Waals surface area contributed by atoms with Gasteiger partial charge in [-0.2, -0.15) is 0 Å². The normalized spacial score (nSPS) is 16.5. The van der Waals surface area contributed by atoms with Crippen molar-refractivity contribution in [2.45, 2.75) is 70.4 Å². The molecule has 6 rings (SSSR count). The number of imide groups is 1. The summed E-state index contributed by atoms with van der Waals surface area (Å²) < 4.78 is 13.0. The van der Waals surface area contributed by atoms with Gasteiger partial charge >= 0.3 is 0 Å². The van der Waals surface area contributed by atoms with E-state index in [0.29, 0.717) is 79.8 Å². The molecule has 12 nitrogen and oxygen atoms in total. The molecule has 12 heteroatoms. The zero-order valence-electron chi connectivity index (χ0n) is 28.5. The van der Waals surface area contributed by atoms with Gasteiger partial charge in [0, 0.05) is 61.1 Å². The monoisotopic (exact) mass is 680 g/mol. The SMILES string of the molecule is COc1cc(-c2cn(C)c(=O)c3c2C=NC3)cc(OC)c1CCCC(=O)NCCCCc1cccc2c1C(=O)N(C1CCC(=O)CC1=O)C2=O. The van der Waals surface area contributed by atoms with Crippen LogP contribution in [0, 0.1) is 0 Å². The van der Waals surface area contributed by atoms with Gasteiger partial charge in [-0.25, -0.2) is 0 Å². The minimum atomic E-state index is -0.896. The van der Waals surface area contributed by atoms with Crippen LogP contribution in [0.15, 0.2) is 46.3 Å². The quantitative estimate of drug-likeness (QED) is 0.163. The molecule has 1 atom stereocenters. The topological polar surface area (TPSA) is 153 Å². The van der Waals surface area contributed by atoms with Gasteiger partial charge < -0.3 is 19.4 Å². The van der Waals surface area contributed by atoms with Crippen molar-refractivity contribution >= 4 is 35.5 Å². The van der Waals surface area contributed by atoms with Crippen molar-refractivity contribution in [3.8, 4) is 22.6 Å². The Kier molecular flexibility index (Phi) is 10.1. The van der Waals surface area contributed by atoms with E-state index in [0.717, 1.165) is 32.7 Å². The second-order valence-corrected chi connectivity index (χ2v) is 12.9. The number of aliphatic imine (C=N–C) groups is 1. The van der Waals surface area contributed by atoms with Gasteiger partial charge in [-0.3, -0.25) is 38.7 Å². The Bertz CT molecular complexity index is 1970. The highest BCUT2D eigenvalue weighted by Gasteiger charge is 2.45. The summed E-state index contributed by atoms with van der Waals surface area (Å²) in [5.41, 5.74) is 5.30. The number of methoxy groups -OCH3 is 2. The van der Waals surface area contributed by atoms with E-state index in [9.17, 15) is 28.8 Å². The standard InChI is InChI=1S/C38H40N4O8/c1-41-21-29(27-19-39-20-28(27)36(41)46)23-16-32(49-2)25(33(17-23)50-3)10-7-12-34(45)40-15-5-4-8-22-9-6-11-26-35(22)38(48)42(37(26)47)30-14-13-24(43)18-31(30)44/h6,9,11,16-17,19,21,30H,4-5,7-8,10,12-15,18,20H2,1-3H3,(H,40,45). The lowest BCUT2D eigenvalue weighted by Gasteiger charge is -2.27. The van der Waals surface area contributed by atoms with Crippen molar-refractivity contribution in [2.24, 2.45) is 12.0 Å². The number of rotatable bonds is 13. The maximum absolute atomic E-state index is 13.3. The summed E-state index contributed by atoms with van der Waals surface area (Å²) in [4.78, 5) is 81.2. The number of benzene rings is 2. The van der Waals surface area contributed by atoms with Gasteiger partial charge in [-0.1, -0.05) is 12.1 Å². The van der Waals surface area contributed by atoms with E-state index < -0.39 is 17.9 Å². The van der Waals surface area contributed by atoms with E-state index in [-0.39, 0.29) is 42.3 Å². The lowest BCUT2D eigenvalue weighted by Crippen LogP contribution is -2.47. The number of hydrogen-bond acceptors (Lipinski definition) is 9. The van der Waals surface area contributed by atoms with Crippen LogP contribution in [-0.4, -0.2) is 71.8 Å². The number of ether oxygens (including phenoxy) is 2. The van der Waals surface area contributed by atoms with Crippen molar-refractivity contribution in [2.75, 3.05) is 20.8 Å². The number of ketones is 2. The number of carbonyl (C=O) groups is 5. The number of carbonyl (C=O) groups excluding carboxylic acids is 5. The fraction of sp³-hybridized carbons (Fsp3) is 0.395. The molecule has 0 spiro atoms. The van der Waals surface area contributed by atoms with E-state index in [4.69, 9.17) is 9.47 Å². The second-order valence-electron chi connectivity index (χ2n) is 12.9. The van der Waals surface area contributed by atoms with E-state index in [2.05, 4.69) is 10.3 Å². The van der Waals surface area contributed by atoms with Crippen LogP contribution in [0.25, 0.3) is 11.1 Å². The molecule has 2 aliphatic heterocycles. The molecule has 0 bridgehead atoms. The van der Waals surface area contributed by atoms with E-state index in [1.54, 1.807) is 50.4 Å². The van der Waals surface area contributed by atoms with Gasteiger partial charge in [-0.15, -0.1) is 0 Å². The molecule has 3 aromatic rings. The smallest absolute Gasteiger partial charge is 0.262 e. The molecule has 3 heterocycles. The van der Waals surface area contributed by atoms with Crippen molar-refractivity contribution in [3.63, 3.8) is 0 Å². The predicted molar refractivity (Wildman–Crippen MR) is 185 cm³/mol. The van der Waals surface area contributed by atoms with Gasteiger partial charge in [0.25, 0.3) is 17.4 Å². The summed E-state index contributed by atoms with van der Waals surface area (Å²) in [6.07, 6.45) is 6.95. The molecule has 3 aliphatic rings. The minimum Gasteiger partial charge on any atom is -0.496 e. The molecule has 1 aromatic heterocycles. The average molecular weight is 681 g/mol. The highest BCUT2D eigenvalue weighted by molar-refractivity contribution is 6.24. The third-order valence-corrected chi connectivity index (χ3v) is 9.71. The first kappa shape index (κ1) is 34.5. The number of aryl methyl sites for hydroxylation is 2. The molecule has 260 valence electrons. The number of amides is 3. The number of nitrogens with one attached hydrogen (secondary N) is 1. The number of hydrogen-bond donors (Lipinski definition) is 1. The maximum atomic E-state index is 13.3. The number of pyridine rings is 1. The van der Waals surface area contributed by atoms with E-state index in [1.807, 2.05) is 18.2 Å². The van der Waals surface area contributed by atoms with Gasteiger partial charge in [0.1, 0.15) is 17.3 Å². The Morgan fingerprint density at radius 3 is 2.44 bits per heavy atom. The fourth-order valence-electron chi connectivity index (χ4n) is 7.14. The fourth-order valence-corrected chi connectivity index (χ4v) is 7.14. The van der Waals surface area contributed by atoms with Crippen LogP contribution in [0.1, 0.15) is 87.9 Å². The van der Waals surface area contributed by atoms with Crippen LogP contribution in [-0.2, 0) is 40.8 Å². The Labute approximate surface area is 289 Å². The minimum absolute atomic E-state index is 0.0643. The van der Waals surface area contributed by atoms with Crippen LogP contribution in [0.4, 0.5) is 0 Å². The molecule has 1 saturated carbocycles. The first-order chi connectivity index (χ1) is 24.1. The Balaban J connectivity index is 1.00. The van der Waals surface area contributed by atoms with Crippen molar-refractivity contribution in [1.29, 1.82) is 0 Å². The molecular weight excluding hydrogens is 640 g/mol. The third kappa shape index (κ3) is 6.61. The molecule has 1 unspecified atom stereocenters. The van der Waals surface area contributed by atoms with Gasteiger partial charge in [0.15, 0.2) is 5.78 Å². The summed E-state index contributed by atoms with van der Waals surface area (Å²) in [5.74, 6) is -0.329. The third-order valence-electron chi connectivity index (χ3n) is 9.71. The molecule has 2 aromatic carbocycles. The summed E-state index contributed by atoms with van der Waals surface area (Å²) in [6, 6.07) is 8.10. The summed E-state index contributed by atoms with van der Waals surface area (Å²) in [6.45, 7) is 0.822. The second kappa shape index (κ2) is 14.6. The van der Waals surface area contributed by atoms with Crippen LogP contribution < -0.4 is 20.3 Å². The van der Waals surface area contributed by atoms with Crippen LogP contribution in [0.2, 0.25) is 0 Å². The van der Waals surface area contributed by atoms with Crippen LogP contribution in [0.3, 0.4) is 0 Å². The Morgan fingerprint density at radius 2 is 1.72 bits per heavy atom. The number of Topliss-reactive ketones (excluding diaryl/α,β-unsaturated/α-hetero) is 2. The molecule has 1 aliphatic carbocycles. The zero-order valence-corrected chi connectivity index (χ0v) is 28.5. The van der Waals surface area contributed by atoms with Crippen LogP contribution in [0.5, 0.6) is 11.5 Å². The zero-order chi connectivity index (χ0) is 35.5. The highest BCUT2D eigenvalue weighted by atomic mass is 16.5. The first-order valence-corrected chi connectivity index (χ1v) is 16.9. The van der Waals surface area contributed by atoms with Gasteiger partial charge in [-0.05, 0) is 67.9 Å². The van der Waals surface area contributed by atoms with Gasteiger partial charge in [0.2, 0.25) is 5.91 Å². The molecule has 3 amide bonds. The number of unbranched alkanes of at least 4 members (excludes halogenated alkanes) is 1. The lowest BCUT2D eigenvalue weighted by molar-refractivity contribution is -0.132. The van der Waals surface area contributed by atoms with Crippen molar-refractivity contribution < 1.29 is 33.4 Å². The molecule has 50 heavy (non-hydrogen) atoms. The van der Waals surface area contributed by atoms with E-state index in [1.165, 1.54) is 0 Å². The highest BCUT2D eigenvalue weighted by Crippen LogP contribution is 2.38. The van der Waals surface area contributed by atoms with Crippen LogP contribution >= 0.6 is 0 Å². The van der Waals surface area contributed by atoms with Crippen molar-refractivity contribution in [1.82, 2.24) is 14.8 Å². The number of aromatic nitrogens is 1. The van der Waals surface area contributed by atoms with Gasteiger partial charge in [0.05, 0.1) is 44.4 Å². The lowest BCUT2D eigenvalue weighted by atomic mass is 9.92. The largest absolute Gasteiger partial charge is 0.496 e. The first-order valence-electron chi connectivity index (χ1n) is 16.9. The average Bonchev–Trinajstić information content (AvgIpc) is 3.69. The molecule has 1 N–H and O–H groups in total. The Morgan fingerprint density at radius 1 is 0.960 bits per heavy atom. The molecule has 0 radical (unpaired) electrons. The predicted octanol–water partition coefficient (Wildman–Crippen LogP) is 3.75. The molecule has 1 fully saturated rings. The number of fused-ring (bicyclic) bond motifs is 2. The summed E-state index contributed by atoms with van der Waals surface area (Å²) >= 11 is 0. The molecular formula is C38H40N4O8. The summed E-state index contributed by atoms with van der Waals surface area (Å²) in [7, 11) is 4.91. The summed E-state index contributed by atoms with van der Waals surface area (Å²) in [5, 5.41) is 2.97. The number of nitrogens with zero attached hydrogens (tertiary/aromatic N) is 3.